The number of nitrogens with zero attached hydrogens (tertiary/aromatic N) is 1. The van der Waals surface area contributed by atoms with Crippen LogP contribution in [0, 0.1) is 11.3 Å². The van der Waals surface area contributed by atoms with Crippen LogP contribution in [0.2, 0.25) is 0 Å². The van der Waals surface area contributed by atoms with Gasteiger partial charge in [-0.05, 0) is 42.0 Å². The fraction of sp³-hybridized carbons (Fsp3) is 0.0909. The quantitative estimate of drug-likeness (QED) is 0.424. The van der Waals surface area contributed by atoms with Crippen molar-refractivity contribution >= 4 is 27.9 Å². The summed E-state index contributed by atoms with van der Waals surface area (Å²) in [7, 11) is 0. The molecular formula is C22H17BrN2O3. The number of hydrogen-bond donors (Lipinski definition) is 1. The molecule has 0 aliphatic carbocycles. The third-order valence-corrected chi connectivity index (χ3v) is 4.37. The topological polar surface area (TPSA) is 75.3 Å². The van der Waals surface area contributed by atoms with Crippen LogP contribution in [-0.4, -0.2) is 5.91 Å². The summed E-state index contributed by atoms with van der Waals surface area (Å²) in [6.45, 7) is 0.594. The Balaban J connectivity index is 1.76. The van der Waals surface area contributed by atoms with Gasteiger partial charge in [0, 0.05) is 10.0 Å². The van der Waals surface area contributed by atoms with E-state index in [-0.39, 0.29) is 12.1 Å². The van der Waals surface area contributed by atoms with Crippen LogP contribution in [0.15, 0.2) is 81.4 Å². The van der Waals surface area contributed by atoms with E-state index < -0.39 is 5.91 Å². The molecule has 0 fully saturated rings. The van der Waals surface area contributed by atoms with Gasteiger partial charge in [-0.1, -0.05) is 46.3 Å². The number of benzene rings is 2. The predicted molar refractivity (Wildman–Crippen MR) is 109 cm³/mol. The Labute approximate surface area is 171 Å². The van der Waals surface area contributed by atoms with E-state index in [9.17, 15) is 10.1 Å². The predicted octanol–water partition coefficient (Wildman–Crippen LogP) is 4.84. The molecule has 0 aliphatic heterocycles. The molecule has 0 atom stereocenters. The number of furan rings is 1. The van der Waals surface area contributed by atoms with Gasteiger partial charge in [0.2, 0.25) is 0 Å². The average Bonchev–Trinajstić information content (AvgIpc) is 3.24. The zero-order valence-electron chi connectivity index (χ0n) is 14.9. The molecule has 1 heterocycles. The molecular weight excluding hydrogens is 420 g/mol. The number of amides is 1. The van der Waals surface area contributed by atoms with E-state index >= 15 is 0 Å². The fourth-order valence-corrected chi connectivity index (χ4v) is 2.86. The van der Waals surface area contributed by atoms with Crippen LogP contribution < -0.4 is 10.1 Å². The maximum atomic E-state index is 12.4. The Kier molecular flexibility index (Phi) is 6.66. The lowest BCUT2D eigenvalue weighted by atomic mass is 10.1. The Morgan fingerprint density at radius 1 is 1.18 bits per heavy atom. The van der Waals surface area contributed by atoms with E-state index in [1.807, 2.05) is 42.5 Å². The van der Waals surface area contributed by atoms with Crippen molar-refractivity contribution in [2.45, 2.75) is 13.2 Å². The monoisotopic (exact) mass is 436 g/mol. The van der Waals surface area contributed by atoms with Gasteiger partial charge in [0.1, 0.15) is 29.8 Å². The summed E-state index contributed by atoms with van der Waals surface area (Å²) in [5, 5.41) is 12.1. The molecule has 0 bridgehead atoms. The molecule has 28 heavy (non-hydrogen) atoms. The molecule has 1 N–H and O–H groups in total. The third-order valence-electron chi connectivity index (χ3n) is 3.88. The van der Waals surface area contributed by atoms with E-state index in [0.717, 1.165) is 10.0 Å². The molecule has 1 amide bonds. The summed E-state index contributed by atoms with van der Waals surface area (Å²) in [4.78, 5) is 12.4. The maximum Gasteiger partial charge on any atom is 0.262 e. The number of nitrogens with one attached hydrogen (secondary N) is 1. The molecule has 0 saturated carbocycles. The van der Waals surface area contributed by atoms with Crippen LogP contribution in [0.25, 0.3) is 6.08 Å². The van der Waals surface area contributed by atoms with Crippen molar-refractivity contribution in [1.29, 1.82) is 5.26 Å². The zero-order valence-corrected chi connectivity index (χ0v) is 16.5. The minimum absolute atomic E-state index is 0.0192. The highest BCUT2D eigenvalue weighted by Gasteiger charge is 2.12. The van der Waals surface area contributed by atoms with Crippen molar-refractivity contribution in [3.05, 3.63) is 93.9 Å². The third kappa shape index (κ3) is 5.35. The van der Waals surface area contributed by atoms with E-state index in [1.165, 1.54) is 12.3 Å². The van der Waals surface area contributed by atoms with E-state index in [4.69, 9.17) is 9.15 Å². The molecule has 3 aromatic rings. The molecule has 0 spiro atoms. The summed E-state index contributed by atoms with van der Waals surface area (Å²) in [6.07, 6.45) is 3.04. The molecule has 3 rings (SSSR count). The minimum atomic E-state index is -0.479. The molecule has 140 valence electrons. The van der Waals surface area contributed by atoms with Crippen molar-refractivity contribution in [2.24, 2.45) is 0 Å². The number of hydrogen-bond acceptors (Lipinski definition) is 4. The number of carbonyl (C=O) groups is 1. The molecule has 0 aliphatic rings. The highest BCUT2D eigenvalue weighted by atomic mass is 79.9. The van der Waals surface area contributed by atoms with Crippen LogP contribution >= 0.6 is 15.9 Å². The summed E-state index contributed by atoms with van der Waals surface area (Å²) in [5.41, 5.74) is 1.64. The Morgan fingerprint density at radius 2 is 2.00 bits per heavy atom. The van der Waals surface area contributed by atoms with Crippen molar-refractivity contribution in [3.8, 4) is 11.8 Å². The summed E-state index contributed by atoms with van der Waals surface area (Å²) in [5.74, 6) is 0.714. The number of halogens is 1. The van der Waals surface area contributed by atoms with Gasteiger partial charge in [0.15, 0.2) is 0 Å². The smallest absolute Gasteiger partial charge is 0.262 e. The van der Waals surface area contributed by atoms with Gasteiger partial charge in [-0.25, -0.2) is 0 Å². The highest BCUT2D eigenvalue weighted by molar-refractivity contribution is 9.10. The Bertz CT molecular complexity index is 1010. The van der Waals surface area contributed by atoms with Gasteiger partial charge in [0.05, 0.1) is 12.8 Å². The summed E-state index contributed by atoms with van der Waals surface area (Å²) < 4.78 is 11.9. The van der Waals surface area contributed by atoms with Crippen LogP contribution in [0.4, 0.5) is 0 Å². The first-order valence-electron chi connectivity index (χ1n) is 8.54. The number of carbonyl (C=O) groups excluding carboxylic acids is 1. The van der Waals surface area contributed by atoms with Gasteiger partial charge >= 0.3 is 0 Å². The van der Waals surface area contributed by atoms with Crippen LogP contribution in [0.3, 0.4) is 0 Å². The molecule has 0 saturated heterocycles. The van der Waals surface area contributed by atoms with Crippen LogP contribution in [-0.2, 0) is 17.9 Å². The Morgan fingerprint density at radius 3 is 2.71 bits per heavy atom. The molecule has 5 nitrogen and oxygen atoms in total. The fourth-order valence-electron chi connectivity index (χ4n) is 2.48. The zero-order chi connectivity index (χ0) is 19.8. The number of rotatable bonds is 7. The lowest BCUT2D eigenvalue weighted by Gasteiger charge is -2.10. The van der Waals surface area contributed by atoms with Gasteiger partial charge in [0.25, 0.3) is 5.91 Å². The normalized spacial score (nSPS) is 10.9. The molecule has 6 heteroatoms. The first kappa shape index (κ1) is 19.5. The summed E-state index contributed by atoms with van der Waals surface area (Å²) in [6, 6.07) is 20.7. The second-order valence-corrected chi connectivity index (χ2v) is 6.80. The second kappa shape index (κ2) is 9.58. The van der Waals surface area contributed by atoms with Gasteiger partial charge in [-0.15, -0.1) is 0 Å². The molecule has 1 aromatic heterocycles. The Hall–Kier alpha value is -3.30. The van der Waals surface area contributed by atoms with Gasteiger partial charge < -0.3 is 14.5 Å². The first-order valence-corrected chi connectivity index (χ1v) is 9.33. The van der Waals surface area contributed by atoms with Crippen molar-refractivity contribution < 1.29 is 13.9 Å². The first-order chi connectivity index (χ1) is 13.7. The average molecular weight is 437 g/mol. The summed E-state index contributed by atoms with van der Waals surface area (Å²) >= 11 is 3.42. The van der Waals surface area contributed by atoms with Crippen LogP contribution in [0.1, 0.15) is 16.9 Å². The van der Waals surface area contributed by atoms with E-state index in [2.05, 4.69) is 21.2 Å². The van der Waals surface area contributed by atoms with Gasteiger partial charge in [-0.3, -0.25) is 4.79 Å². The molecule has 0 radical (unpaired) electrons. The number of nitriles is 1. The minimum Gasteiger partial charge on any atom is -0.488 e. The largest absolute Gasteiger partial charge is 0.488 e. The lowest BCUT2D eigenvalue weighted by molar-refractivity contribution is -0.117. The van der Waals surface area contributed by atoms with E-state index in [1.54, 1.807) is 24.3 Å². The van der Waals surface area contributed by atoms with Crippen molar-refractivity contribution in [3.63, 3.8) is 0 Å². The molecule has 0 unspecified atom stereocenters. The number of ether oxygens (including phenoxy) is 1. The maximum absolute atomic E-state index is 12.4. The standard InChI is InChI=1S/C22H17BrN2O3/c23-19-8-9-21(28-15-16-5-2-1-3-6-16)17(12-19)11-18(13-24)22(26)25-14-20-7-4-10-27-20/h1-12H,14-15H2,(H,25,26)/b18-11+. The van der Waals surface area contributed by atoms with Gasteiger partial charge in [-0.2, -0.15) is 5.26 Å². The highest BCUT2D eigenvalue weighted by Crippen LogP contribution is 2.26. The lowest BCUT2D eigenvalue weighted by Crippen LogP contribution is -2.23. The van der Waals surface area contributed by atoms with Crippen molar-refractivity contribution in [1.82, 2.24) is 5.32 Å². The van der Waals surface area contributed by atoms with Crippen molar-refractivity contribution in [2.75, 3.05) is 0 Å². The van der Waals surface area contributed by atoms with Crippen LogP contribution in [0.5, 0.6) is 5.75 Å². The second-order valence-electron chi connectivity index (χ2n) is 5.89. The SMILES string of the molecule is N#C/C(=C\c1cc(Br)ccc1OCc1ccccc1)C(=O)NCc1ccco1. The molecule has 2 aromatic carbocycles. The van der Waals surface area contributed by atoms with E-state index in [0.29, 0.717) is 23.7 Å².